The van der Waals surface area contributed by atoms with Crippen LogP contribution in [-0.4, -0.2) is 18.1 Å². The van der Waals surface area contributed by atoms with Gasteiger partial charge in [0.25, 0.3) is 0 Å². The second-order valence-electron chi connectivity index (χ2n) is 3.79. The Hall–Kier alpha value is -1.79. The fraction of sp³-hybridized carbons (Fsp3) is 0.250. The Morgan fingerprint density at radius 3 is 2.00 bits per heavy atom. The molecule has 0 heterocycles. The predicted molar refractivity (Wildman–Crippen MR) is 55.7 cm³/mol. The Labute approximate surface area is 104 Å². The van der Waals surface area contributed by atoms with Crippen LogP contribution in [0.3, 0.4) is 0 Å². The molecule has 0 fully saturated rings. The van der Waals surface area contributed by atoms with Crippen LogP contribution < -0.4 is 0 Å². The molecule has 0 radical (unpaired) electrons. The molecule has 1 aromatic carbocycles. The van der Waals surface area contributed by atoms with Gasteiger partial charge in [0.2, 0.25) is 0 Å². The average Bonchev–Trinajstić information content (AvgIpc) is 2.22. The summed E-state index contributed by atoms with van der Waals surface area (Å²) < 4.78 is 73.4. The lowest BCUT2D eigenvalue weighted by Gasteiger charge is -2.14. The van der Waals surface area contributed by atoms with E-state index in [1.54, 1.807) is 13.0 Å². The van der Waals surface area contributed by atoms with Crippen molar-refractivity contribution < 1.29 is 31.1 Å². The minimum absolute atomic E-state index is 0.231. The van der Waals surface area contributed by atoms with Gasteiger partial charge in [-0.15, -0.1) is 0 Å². The zero-order chi connectivity index (χ0) is 14.8. The fourth-order valence-electron chi connectivity index (χ4n) is 1.34. The van der Waals surface area contributed by atoms with Gasteiger partial charge in [-0.25, -0.2) is 0 Å². The van der Waals surface area contributed by atoms with Gasteiger partial charge in [-0.3, -0.25) is 4.79 Å². The second kappa shape index (κ2) is 5.07. The highest BCUT2D eigenvalue weighted by molar-refractivity contribution is 6.05. The minimum Gasteiger partial charge on any atom is -0.289 e. The SMILES string of the molecule is Cc1cccc(C(=O)C=C(C(F)(F)F)C(F)(F)F)c1. The Morgan fingerprint density at radius 1 is 1.05 bits per heavy atom. The van der Waals surface area contributed by atoms with Crippen molar-refractivity contribution in [1.82, 2.24) is 0 Å². The summed E-state index contributed by atoms with van der Waals surface area (Å²) in [6.07, 6.45) is -11.7. The maximum Gasteiger partial charge on any atom is 0.421 e. The number of carbonyl (C=O) groups excluding carboxylic acids is 1. The van der Waals surface area contributed by atoms with Crippen LogP contribution in [0.15, 0.2) is 35.9 Å². The van der Waals surface area contributed by atoms with Crippen molar-refractivity contribution in [2.24, 2.45) is 0 Å². The summed E-state index contributed by atoms with van der Waals surface area (Å²) in [5, 5.41) is 0. The van der Waals surface area contributed by atoms with Gasteiger partial charge in [0, 0.05) is 11.6 Å². The molecule has 7 heteroatoms. The highest BCUT2D eigenvalue weighted by atomic mass is 19.4. The molecule has 1 rings (SSSR count). The van der Waals surface area contributed by atoms with E-state index in [1.807, 2.05) is 0 Å². The standard InChI is InChI=1S/C12H8F6O/c1-7-3-2-4-8(5-7)9(19)6-10(11(13,14)15)12(16,17)18/h2-6H,1H3. The summed E-state index contributed by atoms with van der Waals surface area (Å²) in [4.78, 5) is 11.4. The van der Waals surface area contributed by atoms with Crippen molar-refractivity contribution in [2.45, 2.75) is 19.3 Å². The lowest BCUT2D eigenvalue weighted by molar-refractivity contribution is -0.171. The van der Waals surface area contributed by atoms with E-state index in [4.69, 9.17) is 0 Å². The lowest BCUT2D eigenvalue weighted by atomic mass is 10.1. The van der Waals surface area contributed by atoms with Crippen molar-refractivity contribution in [1.29, 1.82) is 0 Å². The van der Waals surface area contributed by atoms with E-state index in [2.05, 4.69) is 0 Å². The quantitative estimate of drug-likeness (QED) is 0.450. The first kappa shape index (κ1) is 15.3. The molecule has 1 nitrogen and oxygen atoms in total. The number of allylic oxidation sites excluding steroid dienone is 2. The average molecular weight is 282 g/mol. The van der Waals surface area contributed by atoms with Crippen molar-refractivity contribution in [3.8, 4) is 0 Å². The molecule has 0 unspecified atom stereocenters. The molecular formula is C12H8F6O. The number of ketones is 1. The number of aryl methyl sites for hydroxylation is 1. The van der Waals surface area contributed by atoms with Gasteiger partial charge in [0.15, 0.2) is 5.78 Å². The van der Waals surface area contributed by atoms with Crippen LogP contribution in [0.1, 0.15) is 15.9 Å². The molecule has 19 heavy (non-hydrogen) atoms. The highest BCUT2D eigenvalue weighted by Gasteiger charge is 2.51. The molecule has 0 aromatic heterocycles. The molecule has 0 aliphatic heterocycles. The van der Waals surface area contributed by atoms with Crippen molar-refractivity contribution in [2.75, 3.05) is 0 Å². The smallest absolute Gasteiger partial charge is 0.289 e. The van der Waals surface area contributed by atoms with E-state index in [9.17, 15) is 31.1 Å². The van der Waals surface area contributed by atoms with Gasteiger partial charge in [0.1, 0.15) is 5.57 Å². The maximum absolute atomic E-state index is 12.2. The molecule has 0 atom stereocenters. The molecule has 0 spiro atoms. The summed E-state index contributed by atoms with van der Waals surface area (Å²) in [6.45, 7) is 1.56. The molecule has 0 aliphatic rings. The van der Waals surface area contributed by atoms with Gasteiger partial charge in [-0.1, -0.05) is 23.8 Å². The van der Waals surface area contributed by atoms with Crippen LogP contribution in [-0.2, 0) is 0 Å². The zero-order valence-corrected chi connectivity index (χ0v) is 9.56. The Bertz CT molecular complexity index is 494. The first-order valence-corrected chi connectivity index (χ1v) is 4.99. The van der Waals surface area contributed by atoms with Gasteiger partial charge in [-0.2, -0.15) is 26.3 Å². The van der Waals surface area contributed by atoms with E-state index < -0.39 is 29.8 Å². The fourth-order valence-corrected chi connectivity index (χ4v) is 1.34. The van der Waals surface area contributed by atoms with Crippen LogP contribution in [0.5, 0.6) is 0 Å². The van der Waals surface area contributed by atoms with E-state index in [0.29, 0.717) is 5.56 Å². The third-order valence-electron chi connectivity index (χ3n) is 2.19. The summed E-state index contributed by atoms with van der Waals surface area (Å²) in [7, 11) is 0. The summed E-state index contributed by atoms with van der Waals surface area (Å²) >= 11 is 0. The van der Waals surface area contributed by atoms with E-state index >= 15 is 0 Å². The number of carbonyl (C=O) groups is 1. The molecule has 0 saturated carbocycles. The normalized spacial score (nSPS) is 12.2. The van der Waals surface area contributed by atoms with E-state index in [0.717, 1.165) is 6.07 Å². The molecule has 0 saturated heterocycles. The first-order chi connectivity index (χ1) is 8.51. The topological polar surface area (TPSA) is 17.1 Å². The molecule has 0 N–H and O–H groups in total. The molecule has 104 valence electrons. The van der Waals surface area contributed by atoms with Gasteiger partial charge in [0.05, 0.1) is 0 Å². The molecular weight excluding hydrogens is 274 g/mol. The van der Waals surface area contributed by atoms with E-state index in [-0.39, 0.29) is 5.56 Å². The lowest BCUT2D eigenvalue weighted by Crippen LogP contribution is -2.27. The molecule has 0 amide bonds. The Kier molecular flexibility index (Phi) is 4.07. The summed E-state index contributed by atoms with van der Waals surface area (Å²) in [6, 6.07) is 5.30. The first-order valence-electron chi connectivity index (χ1n) is 4.99. The predicted octanol–water partition coefficient (Wildman–Crippen LogP) is 4.23. The largest absolute Gasteiger partial charge is 0.421 e. The molecule has 0 bridgehead atoms. The van der Waals surface area contributed by atoms with E-state index in [1.165, 1.54) is 12.1 Å². The van der Waals surface area contributed by atoms with Crippen LogP contribution >= 0.6 is 0 Å². The van der Waals surface area contributed by atoms with Crippen LogP contribution in [0.25, 0.3) is 0 Å². The Morgan fingerprint density at radius 2 is 1.58 bits per heavy atom. The monoisotopic (exact) mass is 282 g/mol. The number of halogens is 6. The second-order valence-corrected chi connectivity index (χ2v) is 3.79. The Balaban J connectivity index is 3.21. The summed E-state index contributed by atoms with van der Waals surface area (Å²) in [5.74, 6) is -1.34. The van der Waals surface area contributed by atoms with Gasteiger partial charge in [-0.05, 0) is 13.0 Å². The van der Waals surface area contributed by atoms with Crippen LogP contribution in [0, 0.1) is 6.92 Å². The van der Waals surface area contributed by atoms with Crippen molar-refractivity contribution in [3.63, 3.8) is 0 Å². The highest BCUT2D eigenvalue weighted by Crippen LogP contribution is 2.38. The third-order valence-corrected chi connectivity index (χ3v) is 2.19. The number of hydrogen-bond donors (Lipinski definition) is 0. The summed E-state index contributed by atoms with van der Waals surface area (Å²) in [5.41, 5.74) is -2.49. The molecule has 1 aromatic rings. The van der Waals surface area contributed by atoms with Crippen molar-refractivity contribution >= 4 is 5.78 Å². The van der Waals surface area contributed by atoms with Crippen LogP contribution in [0.4, 0.5) is 26.3 Å². The number of alkyl halides is 6. The molecule has 0 aliphatic carbocycles. The van der Waals surface area contributed by atoms with Crippen LogP contribution in [0.2, 0.25) is 0 Å². The number of benzene rings is 1. The number of rotatable bonds is 2. The maximum atomic E-state index is 12.2. The minimum atomic E-state index is -5.63. The van der Waals surface area contributed by atoms with Gasteiger partial charge >= 0.3 is 12.4 Å². The third kappa shape index (κ3) is 4.11. The zero-order valence-electron chi connectivity index (χ0n) is 9.56. The van der Waals surface area contributed by atoms with Gasteiger partial charge < -0.3 is 0 Å². The van der Waals surface area contributed by atoms with Crippen molar-refractivity contribution in [3.05, 3.63) is 47.0 Å². The number of hydrogen-bond acceptors (Lipinski definition) is 1.